The number of nitrogens with zero attached hydrogens (tertiary/aromatic N) is 3. The topological polar surface area (TPSA) is 97.5 Å². The maximum Gasteiger partial charge on any atom is 0.240 e. The van der Waals surface area contributed by atoms with Gasteiger partial charge in [0.2, 0.25) is 11.6 Å². The molecule has 0 saturated heterocycles. The van der Waals surface area contributed by atoms with E-state index in [1.807, 2.05) is 0 Å². The number of rotatable bonds is 2. The highest BCUT2D eigenvalue weighted by Crippen LogP contribution is 2.21. The predicted molar refractivity (Wildman–Crippen MR) is 59.1 cm³/mol. The smallest absolute Gasteiger partial charge is 0.240 e. The molecule has 0 fully saturated rings. The number of aromatic hydroxyl groups is 1. The zero-order chi connectivity index (χ0) is 11.5. The number of phenolic OH excluding ortho intramolecular Hbond substituents is 1. The zero-order valence-electron chi connectivity index (χ0n) is 7.96. The van der Waals surface area contributed by atoms with E-state index < -0.39 is 0 Å². The Morgan fingerprint density at radius 2 is 2.25 bits per heavy atom. The number of anilines is 1. The summed E-state index contributed by atoms with van der Waals surface area (Å²) in [5.74, 6) is 0.292. The van der Waals surface area contributed by atoms with Gasteiger partial charge in [0.15, 0.2) is 0 Å². The molecule has 2 aromatic rings. The second kappa shape index (κ2) is 4.19. The molecule has 7 heteroatoms. The van der Waals surface area contributed by atoms with Crippen molar-refractivity contribution < 1.29 is 9.74 Å². The summed E-state index contributed by atoms with van der Waals surface area (Å²) in [5.41, 5.74) is 5.86. The van der Waals surface area contributed by atoms with Crippen LogP contribution in [0.3, 0.4) is 0 Å². The lowest BCUT2D eigenvalue weighted by Crippen LogP contribution is -1.85. The van der Waals surface area contributed by atoms with E-state index in [4.69, 9.17) is 17.3 Å². The Morgan fingerprint density at radius 3 is 2.94 bits per heavy atom. The van der Waals surface area contributed by atoms with Crippen LogP contribution in [0.2, 0.25) is 5.02 Å². The average Bonchev–Trinajstić information content (AvgIpc) is 2.66. The van der Waals surface area contributed by atoms with Crippen LogP contribution in [0.5, 0.6) is 5.75 Å². The van der Waals surface area contributed by atoms with E-state index in [-0.39, 0.29) is 17.4 Å². The van der Waals surface area contributed by atoms with Crippen LogP contribution in [-0.2, 0) is 0 Å². The molecule has 0 aliphatic rings. The number of halogens is 1. The largest absolute Gasteiger partial charge is 0.507 e. The van der Waals surface area contributed by atoms with Crippen LogP contribution in [0.15, 0.2) is 27.8 Å². The highest BCUT2D eigenvalue weighted by atomic mass is 35.5. The Morgan fingerprint density at radius 1 is 1.44 bits per heavy atom. The van der Waals surface area contributed by atoms with Crippen molar-refractivity contribution in [3.8, 4) is 5.75 Å². The van der Waals surface area contributed by atoms with Crippen LogP contribution in [0.4, 0.5) is 11.6 Å². The fraction of sp³-hybridized carbons (Fsp3) is 0. The van der Waals surface area contributed by atoms with E-state index in [0.29, 0.717) is 10.6 Å². The number of hydrogen-bond donors (Lipinski definition) is 2. The van der Waals surface area contributed by atoms with Gasteiger partial charge in [0.1, 0.15) is 5.75 Å². The summed E-state index contributed by atoms with van der Waals surface area (Å²) in [4.78, 5) is 3.90. The van der Waals surface area contributed by atoms with Crippen LogP contribution >= 0.6 is 11.6 Å². The van der Waals surface area contributed by atoms with Gasteiger partial charge in [0.25, 0.3) is 0 Å². The molecule has 16 heavy (non-hydrogen) atoms. The highest BCUT2D eigenvalue weighted by Gasteiger charge is 2.04. The van der Waals surface area contributed by atoms with Gasteiger partial charge in [-0.25, -0.2) is 9.62 Å². The van der Waals surface area contributed by atoms with Crippen molar-refractivity contribution in [2.24, 2.45) is 4.99 Å². The van der Waals surface area contributed by atoms with Crippen molar-refractivity contribution in [2.75, 3.05) is 5.73 Å². The average molecular weight is 239 g/mol. The molecule has 0 aliphatic heterocycles. The lowest BCUT2D eigenvalue weighted by Gasteiger charge is -1.97. The van der Waals surface area contributed by atoms with Gasteiger partial charge in [-0.2, -0.15) is 0 Å². The van der Waals surface area contributed by atoms with Crippen molar-refractivity contribution in [3.63, 3.8) is 0 Å². The Kier molecular flexibility index (Phi) is 2.74. The van der Waals surface area contributed by atoms with E-state index in [2.05, 4.69) is 19.9 Å². The molecule has 0 radical (unpaired) electrons. The first kappa shape index (κ1) is 10.4. The molecule has 0 saturated carbocycles. The van der Waals surface area contributed by atoms with Crippen molar-refractivity contribution in [1.29, 1.82) is 0 Å². The van der Waals surface area contributed by atoms with Crippen LogP contribution in [0.1, 0.15) is 5.56 Å². The predicted octanol–water partition coefficient (Wildman–Crippen LogP) is 1.76. The minimum absolute atomic E-state index is 0.0585. The van der Waals surface area contributed by atoms with Crippen LogP contribution in [-0.4, -0.2) is 21.6 Å². The van der Waals surface area contributed by atoms with E-state index >= 15 is 0 Å². The molecule has 2 rings (SSSR count). The van der Waals surface area contributed by atoms with E-state index in [1.165, 1.54) is 12.3 Å². The minimum atomic E-state index is 0.0585. The van der Waals surface area contributed by atoms with Crippen molar-refractivity contribution in [2.45, 2.75) is 0 Å². The standard InChI is InChI=1S/C9H7ClN4O2/c10-6-1-2-7(15)5(3-6)4-12-9-8(11)13-16-14-9/h1-4,15H,(H2,11,13). The van der Waals surface area contributed by atoms with Gasteiger partial charge in [0.05, 0.1) is 0 Å². The molecular weight excluding hydrogens is 232 g/mol. The molecule has 0 atom stereocenters. The number of phenols is 1. The zero-order valence-corrected chi connectivity index (χ0v) is 8.72. The molecule has 0 amide bonds. The Hall–Kier alpha value is -2.08. The molecule has 0 aliphatic carbocycles. The van der Waals surface area contributed by atoms with Gasteiger partial charge in [-0.15, -0.1) is 0 Å². The fourth-order valence-electron chi connectivity index (χ4n) is 1.04. The molecular formula is C9H7ClN4O2. The number of benzene rings is 1. The van der Waals surface area contributed by atoms with Gasteiger partial charge in [-0.3, -0.25) is 0 Å². The molecule has 1 heterocycles. The maximum atomic E-state index is 9.49. The Balaban J connectivity index is 2.30. The van der Waals surface area contributed by atoms with Crippen molar-refractivity contribution in [1.82, 2.24) is 10.3 Å². The normalized spacial score (nSPS) is 11.1. The number of nitrogens with two attached hydrogens (primary N) is 1. The molecule has 0 spiro atoms. The second-order valence-electron chi connectivity index (χ2n) is 2.93. The summed E-state index contributed by atoms with van der Waals surface area (Å²) in [6, 6.07) is 4.60. The second-order valence-corrected chi connectivity index (χ2v) is 3.37. The first-order valence-electron chi connectivity index (χ1n) is 4.27. The van der Waals surface area contributed by atoms with E-state index in [0.717, 1.165) is 0 Å². The Labute approximate surface area is 95.3 Å². The monoisotopic (exact) mass is 238 g/mol. The van der Waals surface area contributed by atoms with Gasteiger partial charge < -0.3 is 10.8 Å². The third-order valence-electron chi connectivity index (χ3n) is 1.81. The summed E-state index contributed by atoms with van der Waals surface area (Å²) < 4.78 is 4.36. The van der Waals surface area contributed by atoms with Crippen LogP contribution in [0.25, 0.3) is 0 Å². The lowest BCUT2D eigenvalue weighted by atomic mass is 10.2. The molecule has 0 bridgehead atoms. The molecule has 6 nitrogen and oxygen atoms in total. The third kappa shape index (κ3) is 2.12. The summed E-state index contributed by atoms with van der Waals surface area (Å²) in [7, 11) is 0. The quantitative estimate of drug-likeness (QED) is 0.777. The summed E-state index contributed by atoms with van der Waals surface area (Å²) >= 11 is 5.76. The van der Waals surface area contributed by atoms with E-state index in [9.17, 15) is 5.11 Å². The fourth-order valence-corrected chi connectivity index (χ4v) is 1.22. The molecule has 0 unspecified atom stereocenters. The number of aromatic nitrogens is 2. The Bertz CT molecular complexity index is 538. The van der Waals surface area contributed by atoms with Gasteiger partial charge in [0, 0.05) is 16.8 Å². The molecule has 82 valence electrons. The van der Waals surface area contributed by atoms with Crippen LogP contribution < -0.4 is 5.73 Å². The van der Waals surface area contributed by atoms with Crippen molar-refractivity contribution >= 4 is 29.5 Å². The molecule has 1 aromatic carbocycles. The summed E-state index contributed by atoms with van der Waals surface area (Å²) in [6.07, 6.45) is 1.37. The summed E-state index contributed by atoms with van der Waals surface area (Å²) in [6.45, 7) is 0. The number of hydrogen-bond acceptors (Lipinski definition) is 6. The number of aliphatic imine (C=N–C) groups is 1. The maximum absolute atomic E-state index is 9.49. The minimum Gasteiger partial charge on any atom is -0.507 e. The lowest BCUT2D eigenvalue weighted by molar-refractivity contribution is 0.310. The van der Waals surface area contributed by atoms with Crippen LogP contribution in [0, 0.1) is 0 Å². The van der Waals surface area contributed by atoms with Crippen molar-refractivity contribution in [3.05, 3.63) is 28.8 Å². The molecule has 3 N–H and O–H groups in total. The third-order valence-corrected chi connectivity index (χ3v) is 2.05. The SMILES string of the molecule is Nc1nonc1N=Cc1cc(Cl)ccc1O. The van der Waals surface area contributed by atoms with E-state index in [1.54, 1.807) is 12.1 Å². The first-order valence-corrected chi connectivity index (χ1v) is 4.65. The summed E-state index contributed by atoms with van der Waals surface area (Å²) in [5, 5.41) is 16.8. The first-order chi connectivity index (χ1) is 7.66. The van der Waals surface area contributed by atoms with Gasteiger partial charge in [-0.05, 0) is 28.5 Å². The molecule has 1 aromatic heterocycles. The highest BCUT2D eigenvalue weighted by molar-refractivity contribution is 6.30. The van der Waals surface area contributed by atoms with Gasteiger partial charge in [-0.1, -0.05) is 11.6 Å². The number of nitrogen functional groups attached to an aromatic ring is 1. The van der Waals surface area contributed by atoms with Gasteiger partial charge >= 0.3 is 0 Å².